The molecular weight excluding hydrogens is 482 g/mol. The van der Waals surface area contributed by atoms with Gasteiger partial charge in [0.2, 0.25) is 0 Å². The zero-order valence-corrected chi connectivity index (χ0v) is 20.1. The van der Waals surface area contributed by atoms with E-state index in [1.165, 1.54) is 12.1 Å². The predicted molar refractivity (Wildman–Crippen MR) is 134 cm³/mol. The van der Waals surface area contributed by atoms with Crippen LogP contribution in [0.1, 0.15) is 15.9 Å². The van der Waals surface area contributed by atoms with Gasteiger partial charge in [0.25, 0.3) is 5.91 Å². The van der Waals surface area contributed by atoms with E-state index in [4.69, 9.17) is 10.5 Å². The third-order valence-electron chi connectivity index (χ3n) is 6.21. The number of anilines is 2. The number of rotatable bonds is 7. The number of benzene rings is 2. The Hall–Kier alpha value is -4.09. The first kappa shape index (κ1) is 24.6. The normalized spacial score (nSPS) is 15.8. The second kappa shape index (κ2) is 10.5. The van der Waals surface area contributed by atoms with Crippen molar-refractivity contribution in [3.63, 3.8) is 0 Å². The number of fused-ring (bicyclic) bond motifs is 1. The lowest BCUT2D eigenvalue weighted by Gasteiger charge is -2.32. The van der Waals surface area contributed by atoms with Gasteiger partial charge in [0.15, 0.2) is 11.5 Å². The number of alkyl halides is 2. The minimum atomic E-state index is -2.87. The van der Waals surface area contributed by atoms with Crippen molar-refractivity contribution in [2.75, 3.05) is 31.6 Å². The summed E-state index contributed by atoms with van der Waals surface area (Å²) in [7, 11) is 0. The molecule has 37 heavy (non-hydrogen) atoms. The number of carbonyl (C=O) groups is 1. The van der Waals surface area contributed by atoms with Crippen LogP contribution < -0.4 is 15.8 Å². The molecule has 1 unspecified atom stereocenters. The molecule has 1 aliphatic heterocycles. The van der Waals surface area contributed by atoms with Crippen LogP contribution in [-0.4, -0.2) is 64.1 Å². The van der Waals surface area contributed by atoms with Crippen molar-refractivity contribution in [3.05, 3.63) is 72.2 Å². The average Bonchev–Trinajstić information content (AvgIpc) is 3.34. The number of morpholine rings is 1. The molecule has 0 spiro atoms. The zero-order valence-electron chi connectivity index (χ0n) is 20.1. The summed E-state index contributed by atoms with van der Waals surface area (Å²) in [5, 5.41) is 3.29. The molecule has 3 heterocycles. The molecule has 11 heteroatoms. The van der Waals surface area contributed by atoms with E-state index in [1.54, 1.807) is 41.7 Å². The predicted octanol–water partition coefficient (Wildman–Crippen LogP) is 3.85. The smallest absolute Gasteiger partial charge is 0.387 e. The Balaban J connectivity index is 1.36. The number of imidazole rings is 1. The number of ether oxygens (including phenoxy) is 2. The van der Waals surface area contributed by atoms with Crippen LogP contribution in [0.25, 0.3) is 16.9 Å². The number of hydrogen-bond donors (Lipinski definition) is 2. The molecule has 0 saturated carbocycles. The van der Waals surface area contributed by atoms with Crippen molar-refractivity contribution in [2.24, 2.45) is 5.73 Å². The standard InChI is InChI=1S/C26H26F2N6O3/c1-16-12-18(4-7-21(16)25(35)33-10-11-36-20(13-29)15-33)32-23-24-31-14-22(34(24)9-8-30-23)17-2-5-19(6-3-17)37-26(27)28/h2-9,12,14,20,26H,10-11,13,15,29H2,1H3,(H,30,32). The molecule has 1 saturated heterocycles. The van der Waals surface area contributed by atoms with Crippen molar-refractivity contribution < 1.29 is 23.0 Å². The van der Waals surface area contributed by atoms with Crippen LogP contribution in [0.4, 0.5) is 20.3 Å². The summed E-state index contributed by atoms with van der Waals surface area (Å²) in [5.41, 5.74) is 10.1. The van der Waals surface area contributed by atoms with Crippen LogP contribution in [0, 0.1) is 6.92 Å². The largest absolute Gasteiger partial charge is 0.435 e. The Morgan fingerprint density at radius 3 is 2.78 bits per heavy atom. The van der Waals surface area contributed by atoms with Gasteiger partial charge in [-0.1, -0.05) is 0 Å². The van der Waals surface area contributed by atoms with E-state index >= 15 is 0 Å². The summed E-state index contributed by atoms with van der Waals surface area (Å²) in [6.07, 6.45) is 4.96. The number of amides is 1. The first-order valence-corrected chi connectivity index (χ1v) is 11.8. The van der Waals surface area contributed by atoms with Gasteiger partial charge in [0, 0.05) is 48.8 Å². The lowest BCUT2D eigenvalue weighted by atomic mass is 10.1. The van der Waals surface area contributed by atoms with Crippen LogP contribution in [0.15, 0.2) is 61.1 Å². The highest BCUT2D eigenvalue weighted by Gasteiger charge is 2.25. The van der Waals surface area contributed by atoms with Gasteiger partial charge in [-0.15, -0.1) is 0 Å². The molecule has 1 atom stereocenters. The molecule has 0 aliphatic carbocycles. The van der Waals surface area contributed by atoms with Gasteiger partial charge in [0.05, 0.1) is 24.6 Å². The fourth-order valence-electron chi connectivity index (χ4n) is 4.36. The van der Waals surface area contributed by atoms with Crippen LogP contribution >= 0.6 is 0 Å². The molecule has 1 aliphatic rings. The van der Waals surface area contributed by atoms with E-state index in [1.807, 2.05) is 23.5 Å². The summed E-state index contributed by atoms with van der Waals surface area (Å²) >= 11 is 0. The summed E-state index contributed by atoms with van der Waals surface area (Å²) in [6.45, 7) is 0.873. The fraction of sp³-hybridized carbons (Fsp3) is 0.269. The lowest BCUT2D eigenvalue weighted by molar-refractivity contribution is -0.0498. The third-order valence-corrected chi connectivity index (χ3v) is 6.21. The molecule has 1 fully saturated rings. The first-order valence-electron chi connectivity index (χ1n) is 11.8. The molecule has 1 amide bonds. The number of nitrogens with zero attached hydrogens (tertiary/aromatic N) is 4. The van der Waals surface area contributed by atoms with Gasteiger partial charge in [-0.2, -0.15) is 8.78 Å². The Labute approximate surface area is 211 Å². The molecule has 192 valence electrons. The maximum absolute atomic E-state index is 13.1. The number of carbonyl (C=O) groups excluding carboxylic acids is 1. The van der Waals surface area contributed by atoms with Crippen molar-refractivity contribution in [1.29, 1.82) is 0 Å². The fourth-order valence-corrected chi connectivity index (χ4v) is 4.36. The Morgan fingerprint density at radius 2 is 2.05 bits per heavy atom. The third kappa shape index (κ3) is 5.23. The highest BCUT2D eigenvalue weighted by atomic mass is 19.3. The quantitative estimate of drug-likeness (QED) is 0.391. The number of nitrogens with two attached hydrogens (primary N) is 1. The van der Waals surface area contributed by atoms with Gasteiger partial charge in [-0.3, -0.25) is 9.20 Å². The maximum Gasteiger partial charge on any atom is 0.387 e. The van der Waals surface area contributed by atoms with Crippen LogP contribution in [0.2, 0.25) is 0 Å². The maximum atomic E-state index is 13.1. The molecule has 3 N–H and O–H groups in total. The van der Waals surface area contributed by atoms with Gasteiger partial charge in [-0.25, -0.2) is 9.97 Å². The van der Waals surface area contributed by atoms with Gasteiger partial charge in [0.1, 0.15) is 5.75 Å². The highest BCUT2D eigenvalue weighted by molar-refractivity contribution is 5.96. The minimum absolute atomic E-state index is 0.0473. The number of nitrogens with one attached hydrogen (secondary N) is 1. The molecule has 2 aromatic heterocycles. The van der Waals surface area contributed by atoms with Gasteiger partial charge < -0.3 is 25.4 Å². The summed E-state index contributed by atoms with van der Waals surface area (Å²) in [4.78, 5) is 23.8. The molecule has 0 bridgehead atoms. The van der Waals surface area contributed by atoms with Crippen LogP contribution in [-0.2, 0) is 4.74 Å². The number of hydrogen-bond acceptors (Lipinski definition) is 7. The Bertz CT molecular complexity index is 1410. The van der Waals surface area contributed by atoms with Crippen molar-refractivity contribution in [3.8, 4) is 17.0 Å². The monoisotopic (exact) mass is 508 g/mol. The number of aromatic nitrogens is 3. The van der Waals surface area contributed by atoms with Crippen molar-refractivity contribution in [2.45, 2.75) is 19.6 Å². The highest BCUT2D eigenvalue weighted by Crippen LogP contribution is 2.28. The summed E-state index contributed by atoms with van der Waals surface area (Å²) < 4.78 is 36.7. The van der Waals surface area contributed by atoms with Gasteiger partial charge in [-0.05, 0) is 55.0 Å². The van der Waals surface area contributed by atoms with E-state index in [2.05, 4.69) is 20.0 Å². The SMILES string of the molecule is Cc1cc(Nc2nccn3c(-c4ccc(OC(F)F)cc4)cnc23)ccc1C(=O)N1CCOC(CN)C1. The topological polar surface area (TPSA) is 107 Å². The summed E-state index contributed by atoms with van der Waals surface area (Å²) in [6, 6.07) is 11.9. The first-order chi connectivity index (χ1) is 17.9. The van der Waals surface area contributed by atoms with Gasteiger partial charge >= 0.3 is 6.61 Å². The van der Waals surface area contributed by atoms with E-state index in [-0.39, 0.29) is 17.8 Å². The van der Waals surface area contributed by atoms with E-state index in [0.717, 1.165) is 22.5 Å². The molecule has 2 aromatic carbocycles. The van der Waals surface area contributed by atoms with E-state index < -0.39 is 6.61 Å². The van der Waals surface area contributed by atoms with E-state index in [0.29, 0.717) is 43.3 Å². The molecule has 0 radical (unpaired) electrons. The lowest BCUT2D eigenvalue weighted by Crippen LogP contribution is -2.48. The minimum Gasteiger partial charge on any atom is -0.435 e. The molecule has 9 nitrogen and oxygen atoms in total. The average molecular weight is 509 g/mol. The number of halogens is 2. The van der Waals surface area contributed by atoms with Crippen molar-refractivity contribution in [1.82, 2.24) is 19.3 Å². The van der Waals surface area contributed by atoms with Crippen LogP contribution in [0.5, 0.6) is 5.75 Å². The summed E-state index contributed by atoms with van der Waals surface area (Å²) in [5.74, 6) is 0.569. The van der Waals surface area contributed by atoms with Crippen LogP contribution in [0.3, 0.4) is 0 Å². The molecular formula is C26H26F2N6O3. The number of aryl methyl sites for hydroxylation is 1. The van der Waals surface area contributed by atoms with Crippen molar-refractivity contribution >= 4 is 23.1 Å². The van der Waals surface area contributed by atoms with E-state index in [9.17, 15) is 13.6 Å². The second-order valence-electron chi connectivity index (χ2n) is 8.65. The Kier molecular flexibility index (Phi) is 6.97. The molecule has 4 aromatic rings. The Morgan fingerprint density at radius 1 is 1.24 bits per heavy atom. The zero-order chi connectivity index (χ0) is 25.9. The molecule has 5 rings (SSSR count). The second-order valence-corrected chi connectivity index (χ2v) is 8.65.